The first kappa shape index (κ1) is 13.8. The molecule has 0 saturated carbocycles. The smallest absolute Gasteiger partial charge is 0.321 e. The molecule has 0 aromatic carbocycles. The molecule has 0 spiro atoms. The van der Waals surface area contributed by atoms with Gasteiger partial charge in [-0.2, -0.15) is 11.8 Å². The number of hydrogen-bond acceptors (Lipinski definition) is 3. The van der Waals surface area contributed by atoms with Crippen molar-refractivity contribution in [3.63, 3.8) is 0 Å². The lowest BCUT2D eigenvalue weighted by Crippen LogP contribution is -2.34. The summed E-state index contributed by atoms with van der Waals surface area (Å²) in [6.45, 7) is 8.66. The van der Waals surface area contributed by atoms with Crippen LogP contribution in [0.25, 0.3) is 0 Å². The molecule has 2 atom stereocenters. The molecule has 0 saturated heterocycles. The molecule has 0 fully saturated rings. The van der Waals surface area contributed by atoms with E-state index in [1.165, 1.54) is 0 Å². The van der Waals surface area contributed by atoms with Crippen molar-refractivity contribution in [1.82, 2.24) is 0 Å². The minimum atomic E-state index is -0.918. The quantitative estimate of drug-likeness (QED) is 0.717. The van der Waals surface area contributed by atoms with Crippen molar-refractivity contribution in [3.05, 3.63) is 0 Å². The van der Waals surface area contributed by atoms with Crippen molar-refractivity contribution in [1.29, 1.82) is 0 Å². The fraction of sp³-hybridized carbons (Fsp3) is 0.900. The van der Waals surface area contributed by atoms with Gasteiger partial charge in [-0.25, -0.2) is 0 Å². The number of nitrogens with two attached hydrogens (primary N) is 1. The minimum Gasteiger partial charge on any atom is -0.480 e. The molecular formula is C10H21NO2S. The van der Waals surface area contributed by atoms with Gasteiger partial charge >= 0.3 is 5.97 Å². The number of carbonyl (C=O) groups is 1. The zero-order chi connectivity index (χ0) is 11.4. The van der Waals surface area contributed by atoms with Crippen LogP contribution in [0.1, 0.15) is 34.1 Å². The fourth-order valence-electron chi connectivity index (χ4n) is 0.832. The van der Waals surface area contributed by atoms with Gasteiger partial charge in [0.05, 0.1) is 0 Å². The molecule has 0 heterocycles. The number of hydrogen-bond donors (Lipinski definition) is 2. The van der Waals surface area contributed by atoms with Gasteiger partial charge in [0.2, 0.25) is 0 Å². The Bertz CT molecular complexity index is 195. The number of thioether (sulfide) groups is 1. The molecular weight excluding hydrogens is 198 g/mol. The van der Waals surface area contributed by atoms with Crippen LogP contribution in [0, 0.1) is 5.41 Å². The Morgan fingerprint density at radius 1 is 1.57 bits per heavy atom. The predicted molar refractivity (Wildman–Crippen MR) is 61.6 cm³/mol. The number of carboxylic acid groups (broad SMARTS) is 1. The van der Waals surface area contributed by atoms with Crippen molar-refractivity contribution in [2.75, 3.05) is 5.75 Å². The molecule has 3 nitrogen and oxygen atoms in total. The third-order valence-electron chi connectivity index (χ3n) is 2.85. The van der Waals surface area contributed by atoms with E-state index in [0.717, 1.165) is 6.42 Å². The first-order valence-corrected chi connectivity index (χ1v) is 5.96. The van der Waals surface area contributed by atoms with Gasteiger partial charge in [-0.1, -0.05) is 27.7 Å². The Kier molecular flexibility index (Phi) is 5.52. The van der Waals surface area contributed by atoms with Crippen molar-refractivity contribution >= 4 is 17.7 Å². The first-order chi connectivity index (χ1) is 6.31. The van der Waals surface area contributed by atoms with Crippen LogP contribution in [0.4, 0.5) is 0 Å². The summed E-state index contributed by atoms with van der Waals surface area (Å²) in [7, 11) is 0. The van der Waals surface area contributed by atoms with Crippen molar-refractivity contribution in [2.24, 2.45) is 11.1 Å². The minimum absolute atomic E-state index is 0.239. The van der Waals surface area contributed by atoms with E-state index < -0.39 is 12.0 Å². The zero-order valence-electron chi connectivity index (χ0n) is 9.41. The molecule has 0 aliphatic rings. The van der Waals surface area contributed by atoms with Crippen LogP contribution in [0.3, 0.4) is 0 Å². The molecule has 0 aromatic heterocycles. The highest BCUT2D eigenvalue weighted by Crippen LogP contribution is 2.33. The van der Waals surface area contributed by atoms with E-state index >= 15 is 0 Å². The maximum absolute atomic E-state index is 10.5. The summed E-state index contributed by atoms with van der Waals surface area (Å²) in [5.41, 5.74) is 5.67. The molecule has 4 heteroatoms. The van der Waals surface area contributed by atoms with E-state index in [2.05, 4.69) is 27.7 Å². The summed E-state index contributed by atoms with van der Waals surface area (Å²) in [6.07, 6.45) is 1.09. The van der Waals surface area contributed by atoms with Crippen LogP contribution in [0.5, 0.6) is 0 Å². The third kappa shape index (κ3) is 4.33. The predicted octanol–water partition coefficient (Wildman–Crippen LogP) is 1.96. The van der Waals surface area contributed by atoms with E-state index in [9.17, 15) is 4.79 Å². The fourth-order valence-corrected chi connectivity index (χ4v) is 2.09. The van der Waals surface area contributed by atoms with Gasteiger partial charge in [0.1, 0.15) is 6.04 Å². The summed E-state index contributed by atoms with van der Waals surface area (Å²) in [5, 5.41) is 9.05. The Balaban J connectivity index is 3.96. The molecule has 84 valence electrons. The Morgan fingerprint density at radius 2 is 2.07 bits per heavy atom. The van der Waals surface area contributed by atoms with Gasteiger partial charge in [0.15, 0.2) is 0 Å². The molecule has 14 heavy (non-hydrogen) atoms. The molecule has 0 rings (SSSR count). The largest absolute Gasteiger partial charge is 0.480 e. The topological polar surface area (TPSA) is 63.3 Å². The van der Waals surface area contributed by atoms with Crippen molar-refractivity contribution in [2.45, 2.75) is 45.4 Å². The van der Waals surface area contributed by atoms with E-state index in [1.54, 1.807) is 11.8 Å². The van der Waals surface area contributed by atoms with Crippen LogP contribution in [0.15, 0.2) is 0 Å². The summed E-state index contributed by atoms with van der Waals surface area (Å²) in [6, 6.07) is -0.741. The highest BCUT2D eigenvalue weighted by atomic mass is 32.2. The second kappa shape index (κ2) is 5.61. The van der Waals surface area contributed by atoms with E-state index in [1.807, 2.05) is 0 Å². The monoisotopic (exact) mass is 219 g/mol. The molecule has 0 bridgehead atoms. The molecule has 0 aliphatic carbocycles. The highest BCUT2D eigenvalue weighted by molar-refractivity contribution is 8.00. The molecule has 0 aromatic rings. The average molecular weight is 219 g/mol. The van der Waals surface area contributed by atoms with Crippen LogP contribution >= 0.6 is 11.8 Å². The number of carboxylic acids is 1. The van der Waals surface area contributed by atoms with Gasteiger partial charge in [-0.3, -0.25) is 4.79 Å². The molecule has 0 amide bonds. The van der Waals surface area contributed by atoms with Crippen LogP contribution in [-0.2, 0) is 4.79 Å². The molecule has 2 unspecified atom stereocenters. The van der Waals surface area contributed by atoms with Crippen LogP contribution in [0.2, 0.25) is 0 Å². The Morgan fingerprint density at radius 3 is 2.43 bits per heavy atom. The van der Waals surface area contributed by atoms with Gasteiger partial charge in [-0.15, -0.1) is 0 Å². The highest BCUT2D eigenvalue weighted by Gasteiger charge is 2.25. The van der Waals surface area contributed by atoms with E-state index in [0.29, 0.717) is 11.0 Å². The first-order valence-electron chi connectivity index (χ1n) is 4.91. The van der Waals surface area contributed by atoms with Gasteiger partial charge in [0.25, 0.3) is 0 Å². The Hall–Kier alpha value is -0.220. The maximum Gasteiger partial charge on any atom is 0.321 e. The van der Waals surface area contributed by atoms with Gasteiger partial charge in [0, 0.05) is 11.0 Å². The number of aliphatic carboxylic acids is 1. The Labute approximate surface area is 90.4 Å². The second-order valence-electron chi connectivity index (χ2n) is 4.26. The lowest BCUT2D eigenvalue weighted by Gasteiger charge is -2.30. The summed E-state index contributed by atoms with van der Waals surface area (Å²) in [4.78, 5) is 10.5. The molecule has 0 aliphatic heterocycles. The lowest BCUT2D eigenvalue weighted by molar-refractivity contribution is -0.137. The van der Waals surface area contributed by atoms with E-state index in [4.69, 9.17) is 10.8 Å². The van der Waals surface area contributed by atoms with E-state index in [-0.39, 0.29) is 5.41 Å². The summed E-state index contributed by atoms with van der Waals surface area (Å²) in [5.74, 6) is -0.432. The molecule has 3 N–H and O–H groups in total. The SMILES string of the molecule is CCC(C)(C)C(C)SCC(N)C(=O)O. The standard InChI is InChI=1S/C10H21NO2S/c1-5-10(3,4)7(2)14-6-8(11)9(12)13/h7-8H,5-6,11H2,1-4H3,(H,12,13). The zero-order valence-corrected chi connectivity index (χ0v) is 10.2. The van der Waals surface area contributed by atoms with Gasteiger partial charge < -0.3 is 10.8 Å². The summed E-state index contributed by atoms with van der Waals surface area (Å²) < 4.78 is 0. The normalized spacial score (nSPS) is 16.4. The second-order valence-corrected chi connectivity index (χ2v) is 5.64. The van der Waals surface area contributed by atoms with Crippen molar-refractivity contribution in [3.8, 4) is 0 Å². The number of rotatable bonds is 6. The third-order valence-corrected chi connectivity index (χ3v) is 4.54. The lowest BCUT2D eigenvalue weighted by atomic mass is 9.87. The van der Waals surface area contributed by atoms with Crippen molar-refractivity contribution < 1.29 is 9.90 Å². The van der Waals surface area contributed by atoms with Crippen LogP contribution < -0.4 is 5.73 Å². The average Bonchev–Trinajstić information content (AvgIpc) is 2.13. The van der Waals surface area contributed by atoms with Crippen LogP contribution in [-0.4, -0.2) is 28.1 Å². The summed E-state index contributed by atoms with van der Waals surface area (Å²) >= 11 is 1.64. The molecule has 0 radical (unpaired) electrons. The van der Waals surface area contributed by atoms with Gasteiger partial charge in [-0.05, 0) is 11.8 Å². The maximum atomic E-state index is 10.5.